The molecular formula is C12H15BrFN. The molecule has 0 spiro atoms. The molecule has 15 heavy (non-hydrogen) atoms. The van der Waals surface area contributed by atoms with Gasteiger partial charge in [0.15, 0.2) is 0 Å². The Balaban J connectivity index is 1.78. The van der Waals surface area contributed by atoms with Gasteiger partial charge in [-0.15, -0.1) is 0 Å². The molecular weight excluding hydrogens is 257 g/mol. The predicted molar refractivity (Wildman–Crippen MR) is 63.1 cm³/mol. The summed E-state index contributed by atoms with van der Waals surface area (Å²) in [6, 6.07) is 4.80. The zero-order chi connectivity index (χ0) is 10.7. The van der Waals surface area contributed by atoms with Gasteiger partial charge >= 0.3 is 0 Å². The summed E-state index contributed by atoms with van der Waals surface area (Å²) in [5.74, 6) is 0.783. The molecule has 0 heterocycles. The third-order valence-electron chi connectivity index (χ3n) is 2.75. The van der Waals surface area contributed by atoms with Gasteiger partial charge < -0.3 is 5.32 Å². The maximum Gasteiger partial charge on any atom is 0.123 e. The van der Waals surface area contributed by atoms with E-state index in [-0.39, 0.29) is 5.82 Å². The van der Waals surface area contributed by atoms with Gasteiger partial charge in [-0.05, 0) is 42.6 Å². The fraction of sp³-hybridized carbons (Fsp3) is 0.500. The first kappa shape index (κ1) is 11.1. The Hall–Kier alpha value is -0.410. The van der Waals surface area contributed by atoms with Gasteiger partial charge in [0.25, 0.3) is 0 Å². The second-order valence-electron chi connectivity index (χ2n) is 4.14. The van der Waals surface area contributed by atoms with E-state index in [2.05, 4.69) is 21.2 Å². The summed E-state index contributed by atoms with van der Waals surface area (Å²) in [5, 5.41) is 3.34. The molecule has 0 unspecified atom stereocenters. The first-order valence-corrected chi connectivity index (χ1v) is 6.19. The number of hydrogen-bond donors (Lipinski definition) is 1. The monoisotopic (exact) mass is 271 g/mol. The van der Waals surface area contributed by atoms with Crippen LogP contribution >= 0.6 is 15.9 Å². The van der Waals surface area contributed by atoms with E-state index < -0.39 is 0 Å². The van der Waals surface area contributed by atoms with Gasteiger partial charge in [-0.2, -0.15) is 0 Å². The van der Waals surface area contributed by atoms with Gasteiger partial charge in [-0.1, -0.05) is 28.8 Å². The SMILES string of the molecule is Fc1ccc(Br)c(CNCCC2CC2)c1. The molecule has 0 saturated heterocycles. The van der Waals surface area contributed by atoms with Crippen LogP contribution < -0.4 is 5.32 Å². The second kappa shape index (κ2) is 5.08. The maximum absolute atomic E-state index is 12.9. The number of rotatable bonds is 5. The van der Waals surface area contributed by atoms with Crippen molar-refractivity contribution in [1.82, 2.24) is 5.32 Å². The highest BCUT2D eigenvalue weighted by molar-refractivity contribution is 9.10. The highest BCUT2D eigenvalue weighted by Crippen LogP contribution is 2.31. The number of halogens is 2. The molecule has 0 radical (unpaired) electrons. The van der Waals surface area contributed by atoms with Crippen LogP contribution in [0.15, 0.2) is 22.7 Å². The molecule has 1 nitrogen and oxygen atoms in total. The Bertz CT molecular complexity index is 336. The zero-order valence-electron chi connectivity index (χ0n) is 8.60. The fourth-order valence-electron chi connectivity index (χ4n) is 1.61. The smallest absolute Gasteiger partial charge is 0.123 e. The van der Waals surface area contributed by atoms with Crippen LogP contribution in [0.3, 0.4) is 0 Å². The summed E-state index contributed by atoms with van der Waals surface area (Å²) in [5.41, 5.74) is 0.991. The van der Waals surface area contributed by atoms with Crippen molar-refractivity contribution in [2.24, 2.45) is 5.92 Å². The van der Waals surface area contributed by atoms with Crippen LogP contribution in [0.1, 0.15) is 24.8 Å². The largest absolute Gasteiger partial charge is 0.313 e. The third-order valence-corrected chi connectivity index (χ3v) is 3.52. The lowest BCUT2D eigenvalue weighted by Crippen LogP contribution is -2.15. The van der Waals surface area contributed by atoms with E-state index in [0.717, 1.165) is 29.0 Å². The topological polar surface area (TPSA) is 12.0 Å². The van der Waals surface area contributed by atoms with E-state index >= 15 is 0 Å². The van der Waals surface area contributed by atoms with E-state index in [1.165, 1.54) is 25.3 Å². The van der Waals surface area contributed by atoms with Gasteiger partial charge in [-0.25, -0.2) is 4.39 Å². The van der Waals surface area contributed by atoms with E-state index in [0.29, 0.717) is 0 Å². The summed E-state index contributed by atoms with van der Waals surface area (Å²) in [6.07, 6.45) is 4.05. The minimum absolute atomic E-state index is 0.169. The molecule has 1 aliphatic carbocycles. The highest BCUT2D eigenvalue weighted by Gasteiger charge is 2.19. The molecule has 1 aromatic rings. The quantitative estimate of drug-likeness (QED) is 0.809. The molecule has 1 saturated carbocycles. The molecule has 82 valence electrons. The summed E-state index contributed by atoms with van der Waals surface area (Å²) in [6.45, 7) is 1.78. The van der Waals surface area contributed by atoms with E-state index in [1.807, 2.05) is 0 Å². The fourth-order valence-corrected chi connectivity index (χ4v) is 2.00. The van der Waals surface area contributed by atoms with Gasteiger partial charge in [0.05, 0.1) is 0 Å². The molecule has 1 N–H and O–H groups in total. The van der Waals surface area contributed by atoms with Crippen molar-refractivity contribution in [3.05, 3.63) is 34.1 Å². The average molecular weight is 272 g/mol. The van der Waals surface area contributed by atoms with Crippen LogP contribution in [0.5, 0.6) is 0 Å². The van der Waals surface area contributed by atoms with Gasteiger partial charge in [0.1, 0.15) is 5.82 Å². The van der Waals surface area contributed by atoms with Crippen molar-refractivity contribution in [1.29, 1.82) is 0 Å². The molecule has 0 aliphatic heterocycles. The first-order chi connectivity index (χ1) is 7.25. The summed E-state index contributed by atoms with van der Waals surface area (Å²) < 4.78 is 13.9. The zero-order valence-corrected chi connectivity index (χ0v) is 10.2. The predicted octanol–water partition coefficient (Wildman–Crippen LogP) is 3.48. The molecule has 0 aromatic heterocycles. The number of benzene rings is 1. The van der Waals surface area contributed by atoms with Crippen molar-refractivity contribution in [2.45, 2.75) is 25.8 Å². The van der Waals surface area contributed by atoms with Gasteiger partial charge in [0.2, 0.25) is 0 Å². The molecule has 2 rings (SSSR count). The summed E-state index contributed by atoms with van der Waals surface area (Å²) in [4.78, 5) is 0. The Kier molecular flexibility index (Phi) is 3.76. The molecule has 0 bridgehead atoms. The molecule has 1 fully saturated rings. The lowest BCUT2D eigenvalue weighted by Gasteiger charge is -2.06. The first-order valence-electron chi connectivity index (χ1n) is 5.40. The summed E-state index contributed by atoms with van der Waals surface area (Å²) >= 11 is 3.42. The van der Waals surface area contributed by atoms with Crippen molar-refractivity contribution in [3.8, 4) is 0 Å². The number of hydrogen-bond acceptors (Lipinski definition) is 1. The van der Waals surface area contributed by atoms with E-state index in [1.54, 1.807) is 12.1 Å². The Morgan fingerprint density at radius 2 is 2.20 bits per heavy atom. The van der Waals surface area contributed by atoms with E-state index in [9.17, 15) is 4.39 Å². The maximum atomic E-state index is 12.9. The minimum atomic E-state index is -0.169. The summed E-state index contributed by atoms with van der Waals surface area (Å²) in [7, 11) is 0. The van der Waals surface area contributed by atoms with Gasteiger partial charge in [-0.3, -0.25) is 0 Å². The van der Waals surface area contributed by atoms with Crippen LogP contribution in [-0.2, 0) is 6.54 Å². The Morgan fingerprint density at radius 3 is 2.93 bits per heavy atom. The molecule has 3 heteroatoms. The van der Waals surface area contributed by atoms with Crippen LogP contribution in [0.4, 0.5) is 4.39 Å². The molecule has 1 aliphatic rings. The standard InChI is InChI=1S/C12H15BrFN/c13-12-4-3-11(14)7-10(12)8-15-6-5-9-1-2-9/h3-4,7,9,15H,1-2,5-6,8H2. The molecule has 1 aromatic carbocycles. The molecule has 0 atom stereocenters. The Labute approximate surface area is 98.2 Å². The normalized spacial score (nSPS) is 15.6. The average Bonchev–Trinajstić information content (AvgIpc) is 3.01. The van der Waals surface area contributed by atoms with E-state index in [4.69, 9.17) is 0 Å². The number of nitrogens with one attached hydrogen (secondary N) is 1. The van der Waals surface area contributed by atoms with Crippen LogP contribution in [0, 0.1) is 11.7 Å². The van der Waals surface area contributed by atoms with Crippen LogP contribution in [-0.4, -0.2) is 6.54 Å². The highest BCUT2D eigenvalue weighted by atomic mass is 79.9. The van der Waals surface area contributed by atoms with Crippen LogP contribution in [0.2, 0.25) is 0 Å². The van der Waals surface area contributed by atoms with Gasteiger partial charge in [0, 0.05) is 11.0 Å². The van der Waals surface area contributed by atoms with Crippen molar-refractivity contribution < 1.29 is 4.39 Å². The third kappa shape index (κ3) is 3.58. The molecule has 0 amide bonds. The van der Waals surface area contributed by atoms with Crippen molar-refractivity contribution >= 4 is 15.9 Å². The minimum Gasteiger partial charge on any atom is -0.313 e. The Morgan fingerprint density at radius 1 is 1.40 bits per heavy atom. The van der Waals surface area contributed by atoms with Crippen LogP contribution in [0.25, 0.3) is 0 Å². The lowest BCUT2D eigenvalue weighted by molar-refractivity contribution is 0.601. The second-order valence-corrected chi connectivity index (χ2v) is 5.00. The lowest BCUT2D eigenvalue weighted by atomic mass is 10.2. The van der Waals surface area contributed by atoms with Crippen molar-refractivity contribution in [3.63, 3.8) is 0 Å². The van der Waals surface area contributed by atoms with Crippen molar-refractivity contribution in [2.75, 3.05) is 6.54 Å².